The minimum absolute atomic E-state index is 0.00849. The van der Waals surface area contributed by atoms with Crippen molar-refractivity contribution in [3.05, 3.63) is 66.1 Å². The van der Waals surface area contributed by atoms with Gasteiger partial charge < -0.3 is 31.2 Å². The molecule has 53 heavy (non-hydrogen) atoms. The van der Waals surface area contributed by atoms with Crippen molar-refractivity contribution in [3.63, 3.8) is 0 Å². The summed E-state index contributed by atoms with van der Waals surface area (Å²) in [6.07, 6.45) is 6.27. The predicted molar refractivity (Wildman–Crippen MR) is 202 cm³/mol. The van der Waals surface area contributed by atoms with Gasteiger partial charge in [-0.1, -0.05) is 24.8 Å². The lowest BCUT2D eigenvalue weighted by Crippen LogP contribution is -2.38. The van der Waals surface area contributed by atoms with Crippen molar-refractivity contribution in [2.75, 3.05) is 63.3 Å². The fraction of sp³-hybridized carbons (Fsp3) is 0.351. The number of hydrogen-bond acceptors (Lipinski definition) is 14. The van der Waals surface area contributed by atoms with E-state index in [0.29, 0.717) is 64.9 Å². The molecule has 8 rings (SSSR count). The molecule has 3 unspecified atom stereocenters. The molecular weight excluding hydrogens is 703 g/mol. The summed E-state index contributed by atoms with van der Waals surface area (Å²) < 4.78 is 41.4. The van der Waals surface area contributed by atoms with Gasteiger partial charge in [0.25, 0.3) is 0 Å². The number of halogens is 2. The van der Waals surface area contributed by atoms with Gasteiger partial charge in [-0.15, -0.1) is 11.3 Å². The van der Waals surface area contributed by atoms with Crippen molar-refractivity contribution in [2.45, 2.75) is 37.5 Å². The maximum Gasteiger partial charge on any atom is 0.318 e. The van der Waals surface area contributed by atoms with E-state index >= 15 is 4.39 Å². The molecule has 0 aliphatic carbocycles. The van der Waals surface area contributed by atoms with Crippen molar-refractivity contribution < 1.29 is 23.0 Å². The first-order valence-electron chi connectivity index (χ1n) is 17.1. The fourth-order valence-corrected chi connectivity index (χ4v) is 8.08. The number of carbonyl (C=O) groups is 1. The number of benzene rings is 1. The van der Waals surface area contributed by atoms with Gasteiger partial charge in [-0.3, -0.25) is 9.69 Å². The Morgan fingerprint density at radius 1 is 1.23 bits per heavy atom. The molecule has 0 spiro atoms. The van der Waals surface area contributed by atoms with E-state index in [1.807, 2.05) is 30.1 Å². The monoisotopic (exact) mass is 742 g/mol. The van der Waals surface area contributed by atoms with Crippen LogP contribution in [0.2, 0.25) is 0 Å². The largest absolute Gasteiger partial charge is 0.475 e. The molecule has 16 heteroatoms. The average Bonchev–Trinajstić information content (AvgIpc) is 3.81. The number of pyridine rings is 2. The lowest BCUT2D eigenvalue weighted by molar-refractivity contribution is -0.104. The topological polar surface area (TPSA) is 181 Å². The number of aromatic nitrogens is 4. The summed E-state index contributed by atoms with van der Waals surface area (Å²) in [7, 11) is 3.25. The maximum atomic E-state index is 16.5. The highest BCUT2D eigenvalue weighted by Crippen LogP contribution is 2.45. The lowest BCUT2D eigenvalue weighted by atomic mass is 10.0. The molecule has 0 bridgehead atoms. The molecule has 4 aromatic heterocycles. The number of alkyl halides is 1. The van der Waals surface area contributed by atoms with E-state index in [-0.39, 0.29) is 41.3 Å². The molecule has 2 saturated heterocycles. The van der Waals surface area contributed by atoms with Crippen LogP contribution in [0.1, 0.15) is 36.4 Å². The van der Waals surface area contributed by atoms with Crippen LogP contribution < -0.4 is 31.2 Å². The molecule has 3 atom stereocenters. The highest BCUT2D eigenvalue weighted by Gasteiger charge is 2.35. The zero-order valence-corrected chi connectivity index (χ0v) is 30.2. The highest BCUT2D eigenvalue weighted by atomic mass is 32.1. The number of fused-ring (bicyclic) bond motifs is 2. The number of allylic oxidation sites excluding steroid dienone is 1. The summed E-state index contributed by atoms with van der Waals surface area (Å²) in [5, 5.41) is 14.2. The summed E-state index contributed by atoms with van der Waals surface area (Å²) in [4.78, 5) is 31.2. The molecule has 5 aromatic rings. The summed E-state index contributed by atoms with van der Waals surface area (Å²) in [5.41, 5.74) is 13.8. The second-order valence-corrected chi connectivity index (χ2v) is 13.6. The van der Waals surface area contributed by atoms with Crippen LogP contribution in [0.25, 0.3) is 32.2 Å². The van der Waals surface area contributed by atoms with Crippen LogP contribution in [-0.4, -0.2) is 90.3 Å². The molecule has 2 fully saturated rings. The molecule has 1 aromatic carbocycles. The van der Waals surface area contributed by atoms with Crippen LogP contribution in [0.15, 0.2) is 49.2 Å². The number of anilines is 3. The third-order valence-corrected chi connectivity index (χ3v) is 10.4. The van der Waals surface area contributed by atoms with E-state index in [9.17, 15) is 9.65 Å². The van der Waals surface area contributed by atoms with Crippen molar-refractivity contribution >= 4 is 55.2 Å². The zero-order valence-electron chi connectivity index (χ0n) is 29.4. The van der Waals surface area contributed by atoms with Gasteiger partial charge in [0.15, 0.2) is 5.82 Å². The van der Waals surface area contributed by atoms with Gasteiger partial charge in [0.05, 0.1) is 25.3 Å². The van der Waals surface area contributed by atoms with E-state index in [1.54, 1.807) is 18.3 Å². The van der Waals surface area contributed by atoms with Crippen molar-refractivity contribution in [1.29, 1.82) is 5.26 Å². The van der Waals surface area contributed by atoms with Gasteiger partial charge >= 0.3 is 6.01 Å². The van der Waals surface area contributed by atoms with Gasteiger partial charge in [0, 0.05) is 46.5 Å². The number of thiophene rings is 1. The Balaban J connectivity index is 0.000000311. The summed E-state index contributed by atoms with van der Waals surface area (Å²) in [6.45, 7) is 6.07. The van der Waals surface area contributed by atoms with E-state index in [0.717, 1.165) is 23.2 Å². The number of hydrogen-bond donors (Lipinski definition) is 3. The first-order valence-corrected chi connectivity index (χ1v) is 17.9. The highest BCUT2D eigenvalue weighted by molar-refractivity contribution is 7.23. The maximum absolute atomic E-state index is 16.5. The number of nitrogens with two attached hydrogens (primary N) is 2. The standard InChI is InChI=1S/C27H24FN9O2S.C7H12FN.C3H4O/c1-32-12-16(13-6-4-8-33-23(13)30)37-9-10-39-26-19-22(35-27(38-2)36-25(19)37)20(28)21(34-26)14-5-3-7-17-18(14)15(11-29)24(31)40-17;8-6-4-7-2-1-3-9(7)5-6;1-2-3-4/h3-8,16,32H,9-10,12,31H2,1-2H3,(H2,30,33);6-7H,1-5H2;2-3H,1H2. The van der Waals surface area contributed by atoms with Crippen molar-refractivity contribution in [3.8, 4) is 29.2 Å². The molecule has 5 N–H and O–H groups in total. The quantitative estimate of drug-likeness (QED) is 0.146. The molecule has 0 amide bonds. The second kappa shape index (κ2) is 16.4. The minimum Gasteiger partial charge on any atom is -0.475 e. The van der Waals surface area contributed by atoms with E-state index in [4.69, 9.17) is 25.7 Å². The van der Waals surface area contributed by atoms with Gasteiger partial charge in [-0.05, 0) is 51.1 Å². The van der Waals surface area contributed by atoms with Crippen LogP contribution in [0.4, 0.5) is 25.4 Å². The Morgan fingerprint density at radius 3 is 2.74 bits per heavy atom. The number of methoxy groups -OCH3 is 1. The lowest BCUT2D eigenvalue weighted by Gasteiger charge is -2.32. The molecule has 3 aliphatic heterocycles. The van der Waals surface area contributed by atoms with E-state index < -0.39 is 12.0 Å². The Morgan fingerprint density at radius 2 is 2.04 bits per heavy atom. The van der Waals surface area contributed by atoms with E-state index in [1.165, 1.54) is 37.4 Å². The number of nitrogens with one attached hydrogen (secondary N) is 1. The fourth-order valence-electron chi connectivity index (χ4n) is 7.13. The summed E-state index contributed by atoms with van der Waals surface area (Å²) >= 11 is 1.26. The first-order chi connectivity index (χ1) is 25.7. The Labute approximate surface area is 309 Å². The first kappa shape index (κ1) is 37.3. The zero-order chi connectivity index (χ0) is 37.6. The average molecular weight is 743 g/mol. The third kappa shape index (κ3) is 7.41. The molecule has 3 aliphatic rings. The SMILES string of the molecule is C=CC=O.CNCC(c1cccnc1N)N1CCOc2nc(-c3cccc4sc(N)c(C#N)c34)c(F)c3nc(OC)nc1c23.FC1CC2CCCN2C1. The Bertz CT molecular complexity index is 2160. The van der Waals surface area contributed by atoms with Gasteiger partial charge in [-0.25, -0.2) is 18.7 Å². The molecular formula is C37H40F2N10O3S. The molecule has 7 heterocycles. The van der Waals surface area contributed by atoms with E-state index in [2.05, 4.69) is 42.8 Å². The predicted octanol–water partition coefficient (Wildman–Crippen LogP) is 5.21. The number of rotatable bonds is 7. The Kier molecular flexibility index (Phi) is 11.6. The molecule has 276 valence electrons. The van der Waals surface area contributed by atoms with Gasteiger partial charge in [0.1, 0.15) is 58.4 Å². The van der Waals surface area contributed by atoms with Crippen molar-refractivity contribution in [1.82, 2.24) is 30.2 Å². The van der Waals surface area contributed by atoms with Gasteiger partial charge in [0.2, 0.25) is 5.88 Å². The normalized spacial score (nSPS) is 18.1. The van der Waals surface area contributed by atoms with Crippen LogP contribution in [0.5, 0.6) is 11.9 Å². The number of ether oxygens (including phenoxy) is 2. The number of nitrogens with zero attached hydrogens (tertiary/aromatic N) is 7. The smallest absolute Gasteiger partial charge is 0.318 e. The Hall–Kier alpha value is -5.50. The van der Waals surface area contributed by atoms with Crippen LogP contribution in [-0.2, 0) is 4.79 Å². The molecule has 0 saturated carbocycles. The molecule has 0 radical (unpaired) electrons. The minimum atomic E-state index is -0.696. The van der Waals surface area contributed by atoms with Crippen LogP contribution >= 0.6 is 11.3 Å². The number of nitrogen functional groups attached to an aromatic ring is 2. The number of likely N-dealkylation sites (N-methyl/N-ethyl adjacent to an activating group) is 1. The number of aldehydes is 1. The van der Waals surface area contributed by atoms with Gasteiger partial charge in [-0.2, -0.15) is 15.2 Å². The second-order valence-electron chi connectivity index (χ2n) is 12.6. The van der Waals surface area contributed by atoms with Crippen molar-refractivity contribution in [2.24, 2.45) is 0 Å². The molecule has 13 nitrogen and oxygen atoms in total. The van der Waals surface area contributed by atoms with Crippen LogP contribution in [0, 0.1) is 17.1 Å². The van der Waals surface area contributed by atoms with Crippen LogP contribution in [0.3, 0.4) is 0 Å². The summed E-state index contributed by atoms with van der Waals surface area (Å²) in [6, 6.07) is 11.4. The number of carbonyl (C=O) groups excluding carboxylic acids is 1. The summed E-state index contributed by atoms with van der Waals surface area (Å²) in [5.74, 6) is 0.249. The number of nitriles is 1. The third-order valence-electron chi connectivity index (χ3n) is 9.41.